The Kier molecular flexibility index (Phi) is 3.08. The van der Waals surface area contributed by atoms with Gasteiger partial charge in [-0.25, -0.2) is 0 Å². The van der Waals surface area contributed by atoms with Crippen molar-refractivity contribution in [3.63, 3.8) is 0 Å². The van der Waals surface area contributed by atoms with E-state index in [1.54, 1.807) is 0 Å². The number of fused-ring (bicyclic) bond motifs is 1. The van der Waals surface area contributed by atoms with Crippen LogP contribution in [0.1, 0.15) is 36.5 Å². The molecule has 94 valence electrons. The molecule has 0 saturated heterocycles. The predicted octanol–water partition coefficient (Wildman–Crippen LogP) is 5.29. The fraction of sp³-hybridized carbons (Fsp3) is 0.158. The summed E-state index contributed by atoms with van der Waals surface area (Å²) in [6.07, 6.45) is 4.63. The summed E-state index contributed by atoms with van der Waals surface area (Å²) in [6.45, 7) is 4.47. The smallest absolute Gasteiger partial charge is 0.00672 e. The van der Waals surface area contributed by atoms with E-state index in [0.29, 0.717) is 5.92 Å². The van der Waals surface area contributed by atoms with Gasteiger partial charge in [0.05, 0.1) is 0 Å². The highest BCUT2D eigenvalue weighted by atomic mass is 14.2. The zero-order chi connectivity index (χ0) is 13.2. The lowest BCUT2D eigenvalue weighted by molar-refractivity contribution is 0.948. The van der Waals surface area contributed by atoms with E-state index in [2.05, 4.69) is 80.6 Å². The molecule has 0 heterocycles. The highest BCUT2D eigenvalue weighted by Crippen LogP contribution is 2.37. The van der Waals surface area contributed by atoms with E-state index in [9.17, 15) is 0 Å². The maximum atomic E-state index is 2.32. The van der Waals surface area contributed by atoms with Crippen molar-refractivity contribution in [1.82, 2.24) is 0 Å². The lowest BCUT2D eigenvalue weighted by Crippen LogP contribution is -1.91. The lowest BCUT2D eigenvalue weighted by atomic mass is 9.95. The SMILES string of the molecule is CC(=CC1=Cc2ccccc2C1C)c1ccccc1. The van der Waals surface area contributed by atoms with E-state index in [1.165, 1.54) is 27.8 Å². The number of allylic oxidation sites excluding steroid dienone is 3. The van der Waals surface area contributed by atoms with Crippen molar-refractivity contribution in [2.24, 2.45) is 0 Å². The fourth-order valence-electron chi connectivity index (χ4n) is 2.72. The average Bonchev–Trinajstić information content (AvgIpc) is 2.77. The topological polar surface area (TPSA) is 0 Å². The van der Waals surface area contributed by atoms with Gasteiger partial charge in [0.15, 0.2) is 0 Å². The van der Waals surface area contributed by atoms with Gasteiger partial charge in [-0.1, -0.05) is 73.7 Å². The molecule has 0 heteroatoms. The van der Waals surface area contributed by atoms with Crippen LogP contribution in [-0.4, -0.2) is 0 Å². The lowest BCUT2D eigenvalue weighted by Gasteiger charge is -2.09. The molecular weight excluding hydrogens is 228 g/mol. The third kappa shape index (κ3) is 2.26. The van der Waals surface area contributed by atoms with E-state index in [0.717, 1.165) is 0 Å². The van der Waals surface area contributed by atoms with Crippen LogP contribution in [-0.2, 0) is 0 Å². The molecular formula is C19H18. The van der Waals surface area contributed by atoms with Gasteiger partial charge < -0.3 is 0 Å². The quantitative estimate of drug-likeness (QED) is 0.675. The van der Waals surface area contributed by atoms with Crippen LogP contribution in [0.25, 0.3) is 11.6 Å². The van der Waals surface area contributed by atoms with Gasteiger partial charge in [0.1, 0.15) is 0 Å². The average molecular weight is 246 g/mol. The van der Waals surface area contributed by atoms with E-state index < -0.39 is 0 Å². The Balaban J connectivity index is 1.94. The summed E-state index contributed by atoms with van der Waals surface area (Å²) in [4.78, 5) is 0. The molecule has 0 N–H and O–H groups in total. The third-order valence-electron chi connectivity index (χ3n) is 3.90. The van der Waals surface area contributed by atoms with Crippen molar-refractivity contribution >= 4 is 11.6 Å². The summed E-state index contributed by atoms with van der Waals surface area (Å²) in [5.74, 6) is 0.495. The summed E-state index contributed by atoms with van der Waals surface area (Å²) in [6, 6.07) is 19.2. The maximum absolute atomic E-state index is 2.32. The molecule has 1 atom stereocenters. The van der Waals surface area contributed by atoms with Crippen LogP contribution in [0.15, 0.2) is 66.2 Å². The molecule has 19 heavy (non-hydrogen) atoms. The summed E-state index contributed by atoms with van der Waals surface area (Å²) in [7, 11) is 0. The molecule has 1 unspecified atom stereocenters. The second kappa shape index (κ2) is 4.89. The van der Waals surface area contributed by atoms with Crippen LogP contribution in [0, 0.1) is 0 Å². The summed E-state index contributed by atoms with van der Waals surface area (Å²) in [5.41, 5.74) is 6.83. The highest BCUT2D eigenvalue weighted by Gasteiger charge is 2.19. The number of hydrogen-bond donors (Lipinski definition) is 0. The summed E-state index contributed by atoms with van der Waals surface area (Å²) < 4.78 is 0. The number of rotatable bonds is 2. The minimum atomic E-state index is 0.495. The van der Waals surface area contributed by atoms with E-state index in [4.69, 9.17) is 0 Å². The van der Waals surface area contributed by atoms with Gasteiger partial charge in [0, 0.05) is 5.92 Å². The van der Waals surface area contributed by atoms with Crippen molar-refractivity contribution in [1.29, 1.82) is 0 Å². The first-order chi connectivity index (χ1) is 9.25. The maximum Gasteiger partial charge on any atom is 0.00672 e. The van der Waals surface area contributed by atoms with Crippen molar-refractivity contribution < 1.29 is 0 Å². The van der Waals surface area contributed by atoms with Gasteiger partial charge in [0.2, 0.25) is 0 Å². The first-order valence-electron chi connectivity index (χ1n) is 6.80. The third-order valence-corrected chi connectivity index (χ3v) is 3.90. The molecule has 1 aliphatic carbocycles. The molecule has 2 aromatic rings. The van der Waals surface area contributed by atoms with Gasteiger partial charge in [-0.15, -0.1) is 0 Å². The minimum absolute atomic E-state index is 0.495. The largest absolute Gasteiger partial charge is 0.0622 e. The molecule has 0 aliphatic heterocycles. The van der Waals surface area contributed by atoms with Crippen LogP contribution in [0.3, 0.4) is 0 Å². The second-order valence-electron chi connectivity index (χ2n) is 5.19. The van der Waals surface area contributed by atoms with Crippen molar-refractivity contribution in [3.8, 4) is 0 Å². The molecule has 0 aromatic heterocycles. The van der Waals surface area contributed by atoms with Crippen molar-refractivity contribution in [2.45, 2.75) is 19.8 Å². The van der Waals surface area contributed by atoms with Crippen LogP contribution < -0.4 is 0 Å². The van der Waals surface area contributed by atoms with E-state index in [1.807, 2.05) is 0 Å². The monoisotopic (exact) mass is 246 g/mol. The van der Waals surface area contributed by atoms with Gasteiger partial charge >= 0.3 is 0 Å². The number of hydrogen-bond acceptors (Lipinski definition) is 0. The number of benzene rings is 2. The van der Waals surface area contributed by atoms with Gasteiger partial charge in [-0.2, -0.15) is 0 Å². The normalized spacial score (nSPS) is 18.1. The Hall–Kier alpha value is -2.08. The van der Waals surface area contributed by atoms with Crippen LogP contribution in [0.4, 0.5) is 0 Å². The first kappa shape index (κ1) is 12.0. The zero-order valence-electron chi connectivity index (χ0n) is 11.4. The molecule has 1 aliphatic rings. The van der Waals surface area contributed by atoms with Crippen LogP contribution >= 0.6 is 0 Å². The van der Waals surface area contributed by atoms with Crippen molar-refractivity contribution in [3.05, 3.63) is 82.9 Å². The fourth-order valence-corrected chi connectivity index (χ4v) is 2.72. The predicted molar refractivity (Wildman–Crippen MR) is 82.9 cm³/mol. The molecule has 0 radical (unpaired) electrons. The summed E-state index contributed by atoms with van der Waals surface area (Å²) in [5, 5.41) is 0. The Bertz CT molecular complexity index is 645. The second-order valence-corrected chi connectivity index (χ2v) is 5.19. The van der Waals surface area contributed by atoms with Crippen LogP contribution in [0.2, 0.25) is 0 Å². The van der Waals surface area contributed by atoms with Crippen LogP contribution in [0.5, 0.6) is 0 Å². The molecule has 0 spiro atoms. The summed E-state index contributed by atoms with van der Waals surface area (Å²) >= 11 is 0. The molecule has 2 aromatic carbocycles. The zero-order valence-corrected chi connectivity index (χ0v) is 11.4. The molecule has 0 nitrogen and oxygen atoms in total. The molecule has 0 fully saturated rings. The highest BCUT2D eigenvalue weighted by molar-refractivity contribution is 5.75. The Labute approximate surface area is 115 Å². The van der Waals surface area contributed by atoms with Gasteiger partial charge in [-0.05, 0) is 34.8 Å². The Morgan fingerprint density at radius 3 is 2.37 bits per heavy atom. The molecule has 0 saturated carbocycles. The van der Waals surface area contributed by atoms with E-state index >= 15 is 0 Å². The van der Waals surface area contributed by atoms with E-state index in [-0.39, 0.29) is 0 Å². The standard InChI is InChI=1S/C19H18/c1-14(16-8-4-3-5-9-16)12-18-13-17-10-6-7-11-19(17)15(18)2/h3-13,15H,1-2H3. The first-order valence-corrected chi connectivity index (χ1v) is 6.80. The minimum Gasteiger partial charge on any atom is -0.0622 e. The van der Waals surface area contributed by atoms with Gasteiger partial charge in [-0.3, -0.25) is 0 Å². The molecule has 0 amide bonds. The van der Waals surface area contributed by atoms with Gasteiger partial charge in [0.25, 0.3) is 0 Å². The Morgan fingerprint density at radius 2 is 1.63 bits per heavy atom. The molecule has 0 bridgehead atoms. The molecule has 3 rings (SSSR count). The Morgan fingerprint density at radius 1 is 0.947 bits per heavy atom. The van der Waals surface area contributed by atoms with Crippen molar-refractivity contribution in [2.75, 3.05) is 0 Å².